The molecule has 0 saturated carbocycles. The van der Waals surface area contributed by atoms with Crippen molar-refractivity contribution in [2.24, 2.45) is 0 Å². The number of benzene rings is 1. The zero-order valence-corrected chi connectivity index (χ0v) is 10.9. The van der Waals surface area contributed by atoms with E-state index >= 15 is 0 Å². The molecule has 2 aromatic rings. The third-order valence-corrected chi connectivity index (χ3v) is 3.60. The number of nitrogens with zero attached hydrogens (tertiary/aromatic N) is 1. The van der Waals surface area contributed by atoms with Gasteiger partial charge in [0.25, 0.3) is 0 Å². The molecule has 0 saturated heterocycles. The Kier molecular flexibility index (Phi) is 3.68. The van der Waals surface area contributed by atoms with Crippen molar-refractivity contribution in [2.75, 3.05) is 5.32 Å². The minimum absolute atomic E-state index is 0.412. The molecule has 0 aliphatic heterocycles. The summed E-state index contributed by atoms with van der Waals surface area (Å²) in [6.45, 7) is 2.00. The van der Waals surface area contributed by atoms with Crippen LogP contribution in [0.1, 0.15) is 11.1 Å². The van der Waals surface area contributed by atoms with Gasteiger partial charge in [-0.3, -0.25) is 0 Å². The minimum atomic E-state index is 0.412. The van der Waals surface area contributed by atoms with Crippen LogP contribution in [0, 0.1) is 18.3 Å². The molecule has 0 amide bonds. The van der Waals surface area contributed by atoms with E-state index in [4.69, 9.17) is 16.9 Å². The van der Waals surface area contributed by atoms with E-state index in [1.807, 2.05) is 35.9 Å². The summed E-state index contributed by atoms with van der Waals surface area (Å²) in [5, 5.41) is 16.7. The highest BCUT2D eigenvalue weighted by Gasteiger charge is 2.08. The number of hydrogen-bond acceptors (Lipinski definition) is 3. The summed E-state index contributed by atoms with van der Waals surface area (Å²) in [5.74, 6) is 0. The monoisotopic (exact) mass is 262 g/mol. The summed E-state index contributed by atoms with van der Waals surface area (Å²) in [5.41, 5.74) is 3.97. The Morgan fingerprint density at radius 1 is 1.41 bits per heavy atom. The van der Waals surface area contributed by atoms with Gasteiger partial charge in [-0.2, -0.15) is 5.26 Å². The first-order chi connectivity index (χ1) is 8.22. The normalized spacial score (nSPS) is 9.94. The molecule has 17 heavy (non-hydrogen) atoms. The second-order valence-electron chi connectivity index (χ2n) is 3.70. The Bertz CT molecular complexity index is 549. The van der Waals surface area contributed by atoms with Crippen LogP contribution in [0.2, 0.25) is 5.02 Å². The van der Waals surface area contributed by atoms with Crippen molar-refractivity contribution in [3.05, 3.63) is 45.1 Å². The third-order valence-electron chi connectivity index (χ3n) is 2.49. The van der Waals surface area contributed by atoms with E-state index in [0.29, 0.717) is 11.4 Å². The van der Waals surface area contributed by atoms with Crippen molar-refractivity contribution in [2.45, 2.75) is 13.3 Å². The lowest BCUT2D eigenvalue weighted by Gasteiger charge is -2.11. The van der Waals surface area contributed by atoms with Gasteiger partial charge in [0.2, 0.25) is 0 Å². The van der Waals surface area contributed by atoms with Gasteiger partial charge >= 0.3 is 0 Å². The largest absolute Gasteiger partial charge is 0.353 e. The number of anilines is 2. The maximum atomic E-state index is 8.74. The number of rotatable bonds is 3. The van der Waals surface area contributed by atoms with Crippen LogP contribution < -0.4 is 5.32 Å². The molecule has 1 heterocycles. The zero-order chi connectivity index (χ0) is 12.3. The summed E-state index contributed by atoms with van der Waals surface area (Å²) < 4.78 is 0. The van der Waals surface area contributed by atoms with Gasteiger partial charge in [0.15, 0.2) is 0 Å². The van der Waals surface area contributed by atoms with Gasteiger partial charge in [-0.05, 0) is 23.9 Å². The molecule has 2 nitrogen and oxygen atoms in total. The Morgan fingerprint density at radius 3 is 2.94 bits per heavy atom. The fourth-order valence-electron chi connectivity index (χ4n) is 1.58. The summed E-state index contributed by atoms with van der Waals surface area (Å²) in [4.78, 5) is 0. The molecular formula is C13H11ClN2S. The van der Waals surface area contributed by atoms with E-state index in [-0.39, 0.29) is 0 Å². The predicted molar refractivity (Wildman–Crippen MR) is 73.1 cm³/mol. The van der Waals surface area contributed by atoms with E-state index in [1.165, 1.54) is 0 Å². The molecule has 0 fully saturated rings. The van der Waals surface area contributed by atoms with Crippen LogP contribution in [0.3, 0.4) is 0 Å². The lowest BCUT2D eigenvalue weighted by atomic mass is 10.1. The Morgan fingerprint density at radius 2 is 2.24 bits per heavy atom. The predicted octanol–water partition coefficient (Wildman–Crippen LogP) is 4.52. The number of halogens is 1. The number of aryl methyl sites for hydroxylation is 1. The summed E-state index contributed by atoms with van der Waals surface area (Å²) in [6.07, 6.45) is 0.412. The van der Waals surface area contributed by atoms with Crippen LogP contribution in [0.5, 0.6) is 0 Å². The molecule has 4 heteroatoms. The molecule has 1 aromatic carbocycles. The fraction of sp³-hybridized carbons (Fsp3) is 0.154. The average molecular weight is 263 g/mol. The maximum absolute atomic E-state index is 8.74. The average Bonchev–Trinajstić information content (AvgIpc) is 2.72. The highest BCUT2D eigenvalue weighted by atomic mass is 35.5. The first-order valence-electron chi connectivity index (χ1n) is 5.16. The van der Waals surface area contributed by atoms with Crippen LogP contribution in [0.25, 0.3) is 0 Å². The van der Waals surface area contributed by atoms with Crippen molar-refractivity contribution >= 4 is 34.3 Å². The topological polar surface area (TPSA) is 35.8 Å². The third kappa shape index (κ3) is 2.60. The Labute approximate surface area is 109 Å². The second kappa shape index (κ2) is 5.22. The van der Waals surface area contributed by atoms with E-state index in [9.17, 15) is 0 Å². The second-order valence-corrected chi connectivity index (χ2v) is 4.85. The van der Waals surface area contributed by atoms with Gasteiger partial charge in [-0.15, -0.1) is 11.3 Å². The fourth-order valence-corrected chi connectivity index (χ4v) is 2.64. The zero-order valence-electron chi connectivity index (χ0n) is 9.33. The van der Waals surface area contributed by atoms with Gasteiger partial charge in [-0.25, -0.2) is 0 Å². The molecule has 0 unspecified atom stereocenters. The molecule has 86 valence electrons. The molecule has 2 rings (SSSR count). The van der Waals surface area contributed by atoms with Crippen LogP contribution in [-0.4, -0.2) is 0 Å². The quantitative estimate of drug-likeness (QED) is 0.883. The highest BCUT2D eigenvalue weighted by molar-refractivity contribution is 7.08. The lowest BCUT2D eigenvalue weighted by Crippen LogP contribution is -1.95. The number of nitriles is 1. The van der Waals surface area contributed by atoms with Crippen molar-refractivity contribution in [1.82, 2.24) is 0 Å². The summed E-state index contributed by atoms with van der Waals surface area (Å²) >= 11 is 7.73. The summed E-state index contributed by atoms with van der Waals surface area (Å²) in [6, 6.07) is 7.94. The number of thiophene rings is 1. The molecule has 0 atom stereocenters. The maximum Gasteiger partial charge on any atom is 0.0670 e. The number of hydrogen-bond donors (Lipinski definition) is 1. The van der Waals surface area contributed by atoms with E-state index in [1.54, 1.807) is 11.3 Å². The van der Waals surface area contributed by atoms with E-state index in [0.717, 1.165) is 22.5 Å². The van der Waals surface area contributed by atoms with E-state index in [2.05, 4.69) is 11.4 Å². The van der Waals surface area contributed by atoms with Gasteiger partial charge in [0, 0.05) is 10.9 Å². The SMILES string of the molecule is Cc1cccc(Cl)c1Nc1cscc1CC#N. The Balaban J connectivity index is 2.32. The van der Waals surface area contributed by atoms with Gasteiger partial charge in [0.05, 0.1) is 28.9 Å². The molecule has 1 N–H and O–H groups in total. The smallest absolute Gasteiger partial charge is 0.0670 e. The molecule has 0 bridgehead atoms. The van der Waals surface area contributed by atoms with Gasteiger partial charge < -0.3 is 5.32 Å². The first-order valence-corrected chi connectivity index (χ1v) is 6.48. The molecule has 0 spiro atoms. The Hall–Kier alpha value is -1.50. The minimum Gasteiger partial charge on any atom is -0.353 e. The molecule has 1 aromatic heterocycles. The highest BCUT2D eigenvalue weighted by Crippen LogP contribution is 2.31. The summed E-state index contributed by atoms with van der Waals surface area (Å²) in [7, 11) is 0. The van der Waals surface area contributed by atoms with Crippen LogP contribution in [-0.2, 0) is 6.42 Å². The van der Waals surface area contributed by atoms with Gasteiger partial charge in [-0.1, -0.05) is 23.7 Å². The van der Waals surface area contributed by atoms with Crippen LogP contribution >= 0.6 is 22.9 Å². The van der Waals surface area contributed by atoms with Crippen molar-refractivity contribution in [1.29, 1.82) is 5.26 Å². The van der Waals surface area contributed by atoms with Crippen molar-refractivity contribution < 1.29 is 0 Å². The number of para-hydroxylation sites is 1. The molecule has 0 radical (unpaired) electrons. The first kappa shape index (κ1) is 12.0. The molecule has 0 aliphatic carbocycles. The molecular weight excluding hydrogens is 252 g/mol. The molecule has 0 aliphatic rings. The number of nitrogens with one attached hydrogen (secondary N) is 1. The van der Waals surface area contributed by atoms with Crippen LogP contribution in [0.4, 0.5) is 11.4 Å². The van der Waals surface area contributed by atoms with Crippen molar-refractivity contribution in [3.8, 4) is 6.07 Å². The standard InChI is InChI=1S/C13H11ClN2S/c1-9-3-2-4-11(14)13(9)16-12-8-17-7-10(12)5-6-15/h2-4,7-8,16H,5H2,1H3. The van der Waals surface area contributed by atoms with Crippen LogP contribution in [0.15, 0.2) is 29.0 Å². The van der Waals surface area contributed by atoms with E-state index < -0.39 is 0 Å². The lowest BCUT2D eigenvalue weighted by molar-refractivity contribution is 1.28. The van der Waals surface area contributed by atoms with Gasteiger partial charge in [0.1, 0.15) is 0 Å². The van der Waals surface area contributed by atoms with Crippen molar-refractivity contribution in [3.63, 3.8) is 0 Å².